The van der Waals surface area contributed by atoms with E-state index >= 15 is 0 Å². The minimum atomic E-state index is -0.644. The molecule has 1 aromatic carbocycles. The zero-order valence-electron chi connectivity index (χ0n) is 16.4. The summed E-state index contributed by atoms with van der Waals surface area (Å²) in [6, 6.07) is 10.6. The number of hydrogen-bond acceptors (Lipinski definition) is 5. The van der Waals surface area contributed by atoms with Gasteiger partial charge in [-0.3, -0.25) is 19.1 Å². The molecule has 29 heavy (non-hydrogen) atoms. The molecule has 0 aliphatic carbocycles. The molecule has 148 valence electrons. The average molecular weight is 391 g/mol. The van der Waals surface area contributed by atoms with Crippen molar-refractivity contribution < 1.29 is 4.79 Å². The van der Waals surface area contributed by atoms with Crippen LogP contribution in [-0.4, -0.2) is 20.4 Å². The largest absolute Gasteiger partial charge is 0.348 e. The van der Waals surface area contributed by atoms with Crippen molar-refractivity contribution in [2.45, 2.75) is 39.8 Å². The SMILES string of the molecule is CCn1c(=O)[nH]c(=O)c2c(C(=O)NCc3cccc(C#N)c3)cc(C(C)C)nc21. The van der Waals surface area contributed by atoms with Crippen molar-refractivity contribution in [1.29, 1.82) is 5.26 Å². The standard InChI is InChI=1S/C21H21N5O3/c1-4-26-18-17(20(28)25-21(26)29)15(9-16(24-18)12(2)3)19(27)23-11-14-7-5-6-13(8-14)10-22/h5-9,12H,4,11H2,1-3H3,(H,23,27)(H,25,28,29). The highest BCUT2D eigenvalue weighted by Crippen LogP contribution is 2.20. The quantitative estimate of drug-likeness (QED) is 0.689. The maximum atomic E-state index is 13.0. The number of amides is 1. The number of nitrogens with one attached hydrogen (secondary N) is 2. The van der Waals surface area contributed by atoms with Gasteiger partial charge in [-0.1, -0.05) is 26.0 Å². The zero-order chi connectivity index (χ0) is 21.1. The second-order valence-electron chi connectivity index (χ2n) is 6.95. The van der Waals surface area contributed by atoms with E-state index in [1.165, 1.54) is 4.57 Å². The highest BCUT2D eigenvalue weighted by molar-refractivity contribution is 6.05. The number of H-pyrrole nitrogens is 1. The first-order valence-electron chi connectivity index (χ1n) is 9.30. The first kappa shape index (κ1) is 20.0. The normalized spacial score (nSPS) is 10.9. The Balaban J connectivity index is 2.09. The van der Waals surface area contributed by atoms with Gasteiger partial charge in [-0.25, -0.2) is 9.78 Å². The van der Waals surface area contributed by atoms with Crippen LogP contribution in [0.25, 0.3) is 11.0 Å². The summed E-state index contributed by atoms with van der Waals surface area (Å²) >= 11 is 0. The maximum absolute atomic E-state index is 13.0. The van der Waals surface area contributed by atoms with Crippen LogP contribution in [0.3, 0.4) is 0 Å². The lowest BCUT2D eigenvalue weighted by molar-refractivity contribution is 0.0952. The molecule has 3 rings (SSSR count). The van der Waals surface area contributed by atoms with Crippen LogP contribution in [0.4, 0.5) is 0 Å². The minimum absolute atomic E-state index is 0.00189. The Bertz CT molecular complexity index is 1250. The molecule has 0 saturated heterocycles. The molecule has 0 atom stereocenters. The van der Waals surface area contributed by atoms with Crippen LogP contribution in [0.15, 0.2) is 39.9 Å². The summed E-state index contributed by atoms with van der Waals surface area (Å²) in [6.45, 7) is 6.11. The molecule has 8 nitrogen and oxygen atoms in total. The number of aromatic nitrogens is 3. The van der Waals surface area contributed by atoms with Gasteiger partial charge in [0, 0.05) is 18.8 Å². The topological polar surface area (TPSA) is 121 Å². The summed E-state index contributed by atoms with van der Waals surface area (Å²) in [5, 5.41) is 11.9. The van der Waals surface area contributed by atoms with Crippen LogP contribution in [-0.2, 0) is 13.1 Å². The van der Waals surface area contributed by atoms with Crippen molar-refractivity contribution >= 4 is 16.9 Å². The monoisotopic (exact) mass is 391 g/mol. The van der Waals surface area contributed by atoms with Crippen LogP contribution >= 0.6 is 0 Å². The summed E-state index contributed by atoms with van der Waals surface area (Å²) < 4.78 is 1.34. The van der Waals surface area contributed by atoms with Gasteiger partial charge in [0.05, 0.1) is 22.6 Å². The summed E-state index contributed by atoms with van der Waals surface area (Å²) in [7, 11) is 0. The highest BCUT2D eigenvalue weighted by Gasteiger charge is 2.20. The lowest BCUT2D eigenvalue weighted by atomic mass is 10.0. The number of carbonyl (C=O) groups excluding carboxylic acids is 1. The molecular weight excluding hydrogens is 370 g/mol. The summed E-state index contributed by atoms with van der Waals surface area (Å²) in [5.41, 5.74) is 1.03. The van der Waals surface area contributed by atoms with Gasteiger partial charge < -0.3 is 5.32 Å². The summed E-state index contributed by atoms with van der Waals surface area (Å²) in [4.78, 5) is 44.4. The summed E-state index contributed by atoms with van der Waals surface area (Å²) in [6.07, 6.45) is 0. The molecule has 8 heteroatoms. The molecule has 0 unspecified atom stereocenters. The minimum Gasteiger partial charge on any atom is -0.348 e. The predicted molar refractivity (Wildman–Crippen MR) is 109 cm³/mol. The molecule has 0 saturated carbocycles. The molecule has 0 aliphatic rings. The van der Waals surface area contributed by atoms with E-state index in [0.717, 1.165) is 5.56 Å². The second-order valence-corrected chi connectivity index (χ2v) is 6.95. The van der Waals surface area contributed by atoms with Crippen molar-refractivity contribution in [2.24, 2.45) is 0 Å². The first-order valence-corrected chi connectivity index (χ1v) is 9.30. The van der Waals surface area contributed by atoms with Crippen molar-refractivity contribution in [3.63, 3.8) is 0 Å². The number of benzene rings is 1. The molecule has 2 heterocycles. The fourth-order valence-electron chi connectivity index (χ4n) is 3.09. The van der Waals surface area contributed by atoms with E-state index in [1.807, 2.05) is 13.8 Å². The molecule has 0 bridgehead atoms. The number of carbonyl (C=O) groups is 1. The Morgan fingerprint density at radius 3 is 2.72 bits per heavy atom. The number of rotatable bonds is 5. The van der Waals surface area contributed by atoms with Crippen LogP contribution in [0.1, 0.15) is 53.9 Å². The number of nitriles is 1. The van der Waals surface area contributed by atoms with Gasteiger partial charge in [-0.05, 0) is 36.6 Å². The highest BCUT2D eigenvalue weighted by atomic mass is 16.2. The number of pyridine rings is 1. The molecule has 1 amide bonds. The van der Waals surface area contributed by atoms with E-state index in [9.17, 15) is 14.4 Å². The average Bonchev–Trinajstić information content (AvgIpc) is 2.71. The number of aryl methyl sites for hydroxylation is 1. The molecular formula is C21H21N5O3. The maximum Gasteiger partial charge on any atom is 0.329 e. The Hall–Kier alpha value is -3.73. The van der Waals surface area contributed by atoms with Crippen molar-refractivity contribution in [2.75, 3.05) is 0 Å². The van der Waals surface area contributed by atoms with Crippen molar-refractivity contribution in [1.82, 2.24) is 19.9 Å². The smallest absolute Gasteiger partial charge is 0.329 e. The second kappa shape index (κ2) is 8.10. The van der Waals surface area contributed by atoms with Gasteiger partial charge in [0.1, 0.15) is 0 Å². The Morgan fingerprint density at radius 2 is 2.07 bits per heavy atom. The molecule has 0 radical (unpaired) electrons. The zero-order valence-corrected chi connectivity index (χ0v) is 16.4. The molecule has 0 aliphatic heterocycles. The fourth-order valence-corrected chi connectivity index (χ4v) is 3.09. The lowest BCUT2D eigenvalue weighted by Crippen LogP contribution is -2.33. The lowest BCUT2D eigenvalue weighted by Gasteiger charge is -2.14. The summed E-state index contributed by atoms with van der Waals surface area (Å²) in [5.74, 6) is -0.452. The van der Waals surface area contributed by atoms with Crippen LogP contribution in [0, 0.1) is 11.3 Å². The molecule has 2 N–H and O–H groups in total. The number of hydrogen-bond donors (Lipinski definition) is 2. The number of fused-ring (bicyclic) bond motifs is 1. The van der Waals surface area contributed by atoms with Gasteiger partial charge in [0.2, 0.25) is 0 Å². The Labute approximate surface area is 166 Å². The van der Waals surface area contributed by atoms with Crippen molar-refractivity contribution in [3.8, 4) is 6.07 Å². The van der Waals surface area contributed by atoms with Crippen molar-refractivity contribution in [3.05, 3.63) is 73.6 Å². The number of aromatic amines is 1. The van der Waals surface area contributed by atoms with Gasteiger partial charge in [0.25, 0.3) is 11.5 Å². The Morgan fingerprint density at radius 1 is 1.31 bits per heavy atom. The molecule has 0 spiro atoms. The van der Waals surface area contributed by atoms with Crippen LogP contribution < -0.4 is 16.6 Å². The van der Waals surface area contributed by atoms with E-state index in [2.05, 4.69) is 21.4 Å². The molecule has 2 aromatic heterocycles. The van der Waals surface area contributed by atoms with Crippen LogP contribution in [0.5, 0.6) is 0 Å². The van der Waals surface area contributed by atoms with Gasteiger partial charge in [0.15, 0.2) is 5.65 Å². The first-order chi connectivity index (χ1) is 13.8. The molecule has 0 fully saturated rings. The van der Waals surface area contributed by atoms with E-state index in [1.54, 1.807) is 37.3 Å². The predicted octanol–water partition coefficient (Wildman–Crippen LogP) is 2.03. The van der Waals surface area contributed by atoms with Crippen LogP contribution in [0.2, 0.25) is 0 Å². The molecule has 3 aromatic rings. The Kier molecular flexibility index (Phi) is 5.59. The van der Waals surface area contributed by atoms with E-state index in [-0.39, 0.29) is 29.1 Å². The van der Waals surface area contributed by atoms with Gasteiger partial charge in [-0.15, -0.1) is 0 Å². The third-order valence-electron chi connectivity index (χ3n) is 4.63. The van der Waals surface area contributed by atoms with Gasteiger partial charge in [-0.2, -0.15) is 5.26 Å². The third-order valence-corrected chi connectivity index (χ3v) is 4.63. The number of nitrogens with zero attached hydrogens (tertiary/aromatic N) is 3. The van der Waals surface area contributed by atoms with E-state index < -0.39 is 17.2 Å². The van der Waals surface area contributed by atoms with E-state index in [0.29, 0.717) is 17.8 Å². The fraction of sp³-hybridized carbons (Fsp3) is 0.286. The van der Waals surface area contributed by atoms with Gasteiger partial charge >= 0.3 is 5.69 Å². The third kappa shape index (κ3) is 3.94. The van der Waals surface area contributed by atoms with E-state index in [4.69, 9.17) is 5.26 Å².